The van der Waals surface area contributed by atoms with E-state index in [0.29, 0.717) is 5.69 Å². The number of rotatable bonds is 2. The van der Waals surface area contributed by atoms with Crippen molar-refractivity contribution in [3.8, 4) is 10.6 Å². The molecule has 1 fully saturated rings. The molecule has 7 heteroatoms. The van der Waals surface area contributed by atoms with Crippen molar-refractivity contribution >= 4 is 28.8 Å². The van der Waals surface area contributed by atoms with E-state index in [0.717, 1.165) is 41.1 Å². The molecule has 0 aliphatic carbocycles. The van der Waals surface area contributed by atoms with E-state index in [-0.39, 0.29) is 5.91 Å². The van der Waals surface area contributed by atoms with Crippen molar-refractivity contribution in [2.75, 3.05) is 33.2 Å². The smallest absolute Gasteiger partial charge is 0.274 e. The van der Waals surface area contributed by atoms with E-state index in [1.165, 1.54) is 11.3 Å². The molecule has 0 saturated carbocycles. The van der Waals surface area contributed by atoms with E-state index in [1.54, 1.807) is 4.68 Å². The van der Waals surface area contributed by atoms with Crippen LogP contribution in [0.5, 0.6) is 0 Å². The predicted molar refractivity (Wildman–Crippen MR) is 84.9 cm³/mol. The van der Waals surface area contributed by atoms with Gasteiger partial charge in [-0.3, -0.25) is 9.48 Å². The summed E-state index contributed by atoms with van der Waals surface area (Å²) in [7, 11) is 3.92. The Kier molecular flexibility index (Phi) is 4.01. The molecule has 2 aromatic heterocycles. The molecule has 3 rings (SSSR count). The second-order valence-corrected chi connectivity index (χ2v) is 6.95. The maximum absolute atomic E-state index is 12.5. The molecule has 112 valence electrons. The number of aryl methyl sites for hydroxylation is 1. The molecule has 0 spiro atoms. The van der Waals surface area contributed by atoms with E-state index in [9.17, 15) is 4.79 Å². The SMILES string of the molecule is CN1CCN(C(=O)c2cc(-c3ccc(Cl)s3)n(C)n2)CC1. The summed E-state index contributed by atoms with van der Waals surface area (Å²) in [6.45, 7) is 3.33. The highest BCUT2D eigenvalue weighted by molar-refractivity contribution is 7.19. The number of nitrogens with zero attached hydrogens (tertiary/aromatic N) is 4. The van der Waals surface area contributed by atoms with Crippen LogP contribution in [-0.4, -0.2) is 58.7 Å². The number of aromatic nitrogens is 2. The van der Waals surface area contributed by atoms with Gasteiger partial charge >= 0.3 is 0 Å². The van der Waals surface area contributed by atoms with Crippen molar-refractivity contribution in [3.63, 3.8) is 0 Å². The number of carbonyl (C=O) groups excluding carboxylic acids is 1. The van der Waals surface area contributed by atoms with Crippen molar-refractivity contribution in [2.45, 2.75) is 0 Å². The Morgan fingerprint density at radius 3 is 2.57 bits per heavy atom. The molecular formula is C14H17ClN4OS. The fourth-order valence-corrected chi connectivity index (χ4v) is 3.52. The van der Waals surface area contributed by atoms with E-state index >= 15 is 0 Å². The number of thiophene rings is 1. The summed E-state index contributed by atoms with van der Waals surface area (Å²) in [6.07, 6.45) is 0. The lowest BCUT2D eigenvalue weighted by molar-refractivity contribution is 0.0657. The third kappa shape index (κ3) is 2.97. The topological polar surface area (TPSA) is 41.4 Å². The normalized spacial score (nSPS) is 16.4. The highest BCUT2D eigenvalue weighted by Crippen LogP contribution is 2.31. The second kappa shape index (κ2) is 5.79. The second-order valence-electron chi connectivity index (χ2n) is 5.24. The van der Waals surface area contributed by atoms with Crippen molar-refractivity contribution in [3.05, 3.63) is 28.2 Å². The number of likely N-dealkylation sites (N-methyl/N-ethyl adjacent to an activating group) is 1. The quantitative estimate of drug-likeness (QED) is 0.850. The molecular weight excluding hydrogens is 308 g/mol. The molecule has 0 unspecified atom stereocenters. The van der Waals surface area contributed by atoms with Gasteiger partial charge in [-0.25, -0.2) is 0 Å². The van der Waals surface area contributed by atoms with Crippen molar-refractivity contribution in [1.29, 1.82) is 0 Å². The lowest BCUT2D eigenvalue weighted by Gasteiger charge is -2.31. The first-order valence-electron chi connectivity index (χ1n) is 6.82. The van der Waals surface area contributed by atoms with Gasteiger partial charge in [0.15, 0.2) is 5.69 Å². The zero-order valence-electron chi connectivity index (χ0n) is 12.0. The fraction of sp³-hybridized carbons (Fsp3) is 0.429. The van der Waals surface area contributed by atoms with Crippen LogP contribution in [0.25, 0.3) is 10.6 Å². The van der Waals surface area contributed by atoms with Crippen molar-refractivity contribution < 1.29 is 4.79 Å². The van der Waals surface area contributed by atoms with Crippen molar-refractivity contribution in [1.82, 2.24) is 19.6 Å². The third-order valence-electron chi connectivity index (χ3n) is 3.72. The van der Waals surface area contributed by atoms with Crippen LogP contribution in [-0.2, 0) is 7.05 Å². The molecule has 1 aliphatic heterocycles. The van der Waals surface area contributed by atoms with Gasteiger partial charge in [-0.05, 0) is 25.2 Å². The van der Waals surface area contributed by atoms with Crippen LogP contribution in [0.3, 0.4) is 0 Å². The van der Waals surface area contributed by atoms with Crippen LogP contribution < -0.4 is 0 Å². The van der Waals surface area contributed by atoms with Gasteiger partial charge in [-0.2, -0.15) is 5.10 Å². The molecule has 0 aromatic carbocycles. The van der Waals surface area contributed by atoms with E-state index in [2.05, 4.69) is 17.0 Å². The van der Waals surface area contributed by atoms with Gasteiger partial charge in [0.25, 0.3) is 5.91 Å². The highest BCUT2D eigenvalue weighted by Gasteiger charge is 2.23. The zero-order valence-corrected chi connectivity index (χ0v) is 13.6. The van der Waals surface area contributed by atoms with Gasteiger partial charge in [0.2, 0.25) is 0 Å². The summed E-state index contributed by atoms with van der Waals surface area (Å²) >= 11 is 7.47. The molecule has 0 N–H and O–H groups in total. The van der Waals surface area contributed by atoms with E-state index in [4.69, 9.17) is 11.6 Å². The molecule has 3 heterocycles. The average molecular weight is 325 g/mol. The molecule has 1 aliphatic rings. The number of halogens is 1. The lowest BCUT2D eigenvalue weighted by atomic mass is 10.2. The molecule has 1 saturated heterocycles. The van der Waals surface area contributed by atoms with Gasteiger partial charge in [0.1, 0.15) is 0 Å². The summed E-state index contributed by atoms with van der Waals surface area (Å²) < 4.78 is 2.48. The van der Waals surface area contributed by atoms with Gasteiger partial charge in [0.05, 0.1) is 14.9 Å². The van der Waals surface area contributed by atoms with Crippen LogP contribution in [0.15, 0.2) is 18.2 Å². The van der Waals surface area contributed by atoms with E-state index < -0.39 is 0 Å². The summed E-state index contributed by atoms with van der Waals surface area (Å²) in [5, 5.41) is 4.37. The molecule has 2 aromatic rings. The number of piperazine rings is 1. The highest BCUT2D eigenvalue weighted by atomic mass is 35.5. The predicted octanol–water partition coefficient (Wildman–Crippen LogP) is 2.19. The van der Waals surface area contributed by atoms with E-state index in [1.807, 2.05) is 30.1 Å². The Bertz CT molecular complexity index is 658. The minimum absolute atomic E-state index is 0.00704. The molecule has 5 nitrogen and oxygen atoms in total. The summed E-state index contributed by atoms with van der Waals surface area (Å²) in [6, 6.07) is 5.66. The standard InChI is InChI=1S/C14H17ClN4OS/c1-17-5-7-19(8-6-17)14(20)10-9-11(18(2)16-10)12-3-4-13(15)21-12/h3-4,9H,5-8H2,1-2H3. The Morgan fingerprint density at radius 1 is 1.24 bits per heavy atom. The van der Waals surface area contributed by atoms with Crippen molar-refractivity contribution in [2.24, 2.45) is 7.05 Å². The zero-order chi connectivity index (χ0) is 15.0. The number of hydrogen-bond donors (Lipinski definition) is 0. The first-order valence-corrected chi connectivity index (χ1v) is 8.01. The van der Waals surface area contributed by atoms with Gasteiger partial charge in [0, 0.05) is 33.2 Å². The minimum atomic E-state index is 0.00704. The summed E-state index contributed by atoms with van der Waals surface area (Å²) in [5.74, 6) is 0.00704. The minimum Gasteiger partial charge on any atom is -0.335 e. The summed E-state index contributed by atoms with van der Waals surface area (Å²) in [5.41, 5.74) is 1.42. The Labute approximate surface area is 132 Å². The average Bonchev–Trinajstić information content (AvgIpc) is 3.05. The number of hydrogen-bond acceptors (Lipinski definition) is 4. The maximum Gasteiger partial charge on any atom is 0.274 e. The first-order chi connectivity index (χ1) is 10.0. The van der Waals surface area contributed by atoms with Crippen LogP contribution in [0.2, 0.25) is 4.34 Å². The molecule has 0 radical (unpaired) electrons. The molecule has 21 heavy (non-hydrogen) atoms. The Balaban J connectivity index is 1.82. The Morgan fingerprint density at radius 2 is 1.95 bits per heavy atom. The van der Waals surface area contributed by atoms with Crippen LogP contribution >= 0.6 is 22.9 Å². The Hall–Kier alpha value is -1.37. The monoisotopic (exact) mass is 324 g/mol. The van der Waals surface area contributed by atoms with Gasteiger partial charge in [-0.1, -0.05) is 11.6 Å². The molecule has 0 bridgehead atoms. The molecule has 0 atom stereocenters. The third-order valence-corrected chi connectivity index (χ3v) is 4.97. The van der Waals surface area contributed by atoms with Crippen LogP contribution in [0.4, 0.5) is 0 Å². The van der Waals surface area contributed by atoms with Gasteiger partial charge < -0.3 is 9.80 Å². The molecule has 1 amide bonds. The lowest BCUT2D eigenvalue weighted by Crippen LogP contribution is -2.47. The first kappa shape index (κ1) is 14.6. The largest absolute Gasteiger partial charge is 0.335 e. The number of amides is 1. The summed E-state index contributed by atoms with van der Waals surface area (Å²) in [4.78, 5) is 17.6. The number of carbonyl (C=O) groups is 1. The van der Waals surface area contributed by atoms with Crippen LogP contribution in [0, 0.1) is 0 Å². The van der Waals surface area contributed by atoms with Gasteiger partial charge in [-0.15, -0.1) is 11.3 Å². The maximum atomic E-state index is 12.5. The van der Waals surface area contributed by atoms with Crippen LogP contribution in [0.1, 0.15) is 10.5 Å². The fourth-order valence-electron chi connectivity index (χ4n) is 2.43.